The third-order valence-corrected chi connectivity index (χ3v) is 11.5. The zero-order chi connectivity index (χ0) is 33.6. The van der Waals surface area contributed by atoms with Crippen LogP contribution in [0.3, 0.4) is 0 Å². The Labute approximate surface area is 273 Å². The zero-order valence-electron chi connectivity index (χ0n) is 26.6. The van der Waals surface area contributed by atoms with Gasteiger partial charge in [0.2, 0.25) is 5.91 Å². The van der Waals surface area contributed by atoms with E-state index < -0.39 is 39.3 Å². The molecule has 2 aromatic rings. The number of alkyl halides is 2. The van der Waals surface area contributed by atoms with Crippen LogP contribution in [0.1, 0.15) is 67.6 Å². The van der Waals surface area contributed by atoms with Gasteiger partial charge in [0.15, 0.2) is 9.84 Å². The van der Waals surface area contributed by atoms with Crippen LogP contribution in [0, 0.1) is 24.2 Å². The molecule has 12 nitrogen and oxygen atoms in total. The summed E-state index contributed by atoms with van der Waals surface area (Å²) in [7, 11) is -3.36. The molecule has 0 unspecified atom stereocenters. The second-order valence-electron chi connectivity index (χ2n) is 13.2. The molecule has 1 aromatic carbocycles. The van der Waals surface area contributed by atoms with E-state index >= 15 is 8.78 Å². The minimum atomic E-state index is -3.36. The van der Waals surface area contributed by atoms with Gasteiger partial charge in [0.05, 0.1) is 29.7 Å². The quantitative estimate of drug-likeness (QED) is 0.465. The molecule has 252 valence electrons. The molecule has 1 atom stereocenters. The number of aryl methyl sites for hydroxylation is 1. The van der Waals surface area contributed by atoms with E-state index in [1.54, 1.807) is 19.1 Å². The van der Waals surface area contributed by atoms with Gasteiger partial charge in [-0.2, -0.15) is 5.26 Å². The van der Waals surface area contributed by atoms with Gasteiger partial charge >= 0.3 is 6.03 Å². The summed E-state index contributed by atoms with van der Waals surface area (Å²) < 4.78 is 55.5. The number of nitrogens with one attached hydrogen (secondary N) is 2. The van der Waals surface area contributed by atoms with E-state index in [4.69, 9.17) is 0 Å². The van der Waals surface area contributed by atoms with Crippen LogP contribution < -0.4 is 15.5 Å². The fraction of sp³-hybridized carbons (Fsp3) is 0.594. The number of urea groups is 1. The summed E-state index contributed by atoms with van der Waals surface area (Å²) in [5.41, 5.74) is -0.428. The molecule has 0 spiro atoms. The Morgan fingerprint density at radius 1 is 1.09 bits per heavy atom. The van der Waals surface area contributed by atoms with Crippen LogP contribution in [0.4, 0.5) is 25.2 Å². The average Bonchev–Trinajstić information content (AvgIpc) is 3.01. The van der Waals surface area contributed by atoms with Gasteiger partial charge in [0.1, 0.15) is 29.5 Å². The monoisotopic (exact) mass is 670 g/mol. The first kappa shape index (κ1) is 33.0. The largest absolute Gasteiger partial charge is 0.363 e. The number of rotatable bonds is 1. The molecular formula is C32H40F2N8O4S. The predicted molar refractivity (Wildman–Crippen MR) is 170 cm³/mol. The van der Waals surface area contributed by atoms with E-state index in [0.717, 1.165) is 13.1 Å². The van der Waals surface area contributed by atoms with Crippen molar-refractivity contribution in [3.8, 4) is 6.07 Å². The Kier molecular flexibility index (Phi) is 8.86. The number of halogens is 2. The van der Waals surface area contributed by atoms with Crippen molar-refractivity contribution in [2.45, 2.75) is 70.0 Å². The highest BCUT2D eigenvalue weighted by Crippen LogP contribution is 2.41. The number of carbonyl (C=O) groups is 2. The minimum absolute atomic E-state index is 0.0534. The number of carbonyl (C=O) groups excluding carboxylic acids is 2. The van der Waals surface area contributed by atoms with Crippen LogP contribution in [-0.4, -0.2) is 89.9 Å². The number of fused-ring (bicyclic) bond motifs is 8. The minimum Gasteiger partial charge on any atom is -0.363 e. The number of nitrogens with zero attached hydrogens (tertiary/aromatic N) is 6. The maximum absolute atomic E-state index is 15.4. The number of benzene rings is 1. The van der Waals surface area contributed by atoms with Crippen LogP contribution in [-0.2, 0) is 27.1 Å². The topological polar surface area (TPSA) is 152 Å². The van der Waals surface area contributed by atoms with Crippen molar-refractivity contribution in [3.05, 3.63) is 46.8 Å². The SMILES string of the molecule is Cc1nc2c3c(n1)N(CC(=O)NCCCN1CC(CCC(F)(F)c4cccc(c4)[C@@H](C)N2)C1)C(=O)N(C1(C#N)CCS(=O)(=O)CC1)C3. The van der Waals surface area contributed by atoms with Crippen LogP contribution >= 0.6 is 0 Å². The number of sulfone groups is 1. The molecule has 0 aliphatic carbocycles. The summed E-state index contributed by atoms with van der Waals surface area (Å²) in [6.07, 6.45) is 0.680. The lowest BCUT2D eigenvalue weighted by Crippen LogP contribution is -2.61. The first-order chi connectivity index (χ1) is 22.3. The summed E-state index contributed by atoms with van der Waals surface area (Å²) in [5.74, 6) is -2.85. The molecule has 5 aliphatic heterocycles. The molecule has 0 saturated carbocycles. The van der Waals surface area contributed by atoms with Gasteiger partial charge in [-0.15, -0.1) is 0 Å². The Hall–Kier alpha value is -3.90. The van der Waals surface area contributed by atoms with E-state index in [2.05, 4.69) is 31.6 Å². The highest BCUT2D eigenvalue weighted by Gasteiger charge is 2.49. The van der Waals surface area contributed by atoms with Crippen molar-refractivity contribution in [1.82, 2.24) is 25.1 Å². The maximum atomic E-state index is 15.4. The Morgan fingerprint density at radius 2 is 1.83 bits per heavy atom. The van der Waals surface area contributed by atoms with E-state index in [1.165, 1.54) is 21.9 Å². The van der Waals surface area contributed by atoms with Gasteiger partial charge in [-0.25, -0.2) is 32.0 Å². The summed E-state index contributed by atoms with van der Waals surface area (Å²) >= 11 is 0. The standard InChI is InChI=1S/C32H40F2N8O4S/c1-21-24-5-3-6-25(15-24)32(33,34)8-7-23-16-40(17-23)12-4-11-36-27(43)19-41-29-26(28(37-21)38-22(2)39-29)18-42(30(41)44)31(20-35)9-13-47(45,46)14-10-31/h3,5-6,15,21,23H,4,7-14,16-19H2,1-2H3,(H,36,43)(H,37,38,39)/t21-/m1/s1. The lowest BCUT2D eigenvalue weighted by molar-refractivity contribution is -0.119. The summed E-state index contributed by atoms with van der Waals surface area (Å²) in [6.45, 7) is 5.54. The van der Waals surface area contributed by atoms with E-state index in [-0.39, 0.29) is 61.2 Å². The van der Waals surface area contributed by atoms with Crippen LogP contribution in [0.2, 0.25) is 0 Å². The number of amides is 3. The molecule has 1 aromatic heterocycles. The lowest BCUT2D eigenvalue weighted by atomic mass is 9.90. The zero-order valence-corrected chi connectivity index (χ0v) is 27.5. The Bertz CT molecular complexity index is 1690. The van der Waals surface area contributed by atoms with Crippen molar-refractivity contribution in [3.63, 3.8) is 0 Å². The van der Waals surface area contributed by atoms with Crippen molar-refractivity contribution in [2.24, 2.45) is 5.92 Å². The summed E-state index contributed by atoms with van der Waals surface area (Å²) in [5, 5.41) is 16.6. The van der Waals surface area contributed by atoms with Crippen molar-refractivity contribution >= 4 is 33.4 Å². The molecule has 2 fully saturated rings. The van der Waals surface area contributed by atoms with Gasteiger partial charge < -0.3 is 20.4 Å². The lowest BCUT2D eigenvalue weighted by Gasteiger charge is -2.46. The average molecular weight is 671 g/mol. The molecular weight excluding hydrogens is 630 g/mol. The third-order valence-electron chi connectivity index (χ3n) is 9.85. The van der Waals surface area contributed by atoms with Crippen molar-refractivity contribution in [2.75, 3.05) is 54.4 Å². The number of hydrogen-bond acceptors (Lipinski definition) is 9. The Balaban J connectivity index is 1.39. The van der Waals surface area contributed by atoms with Gasteiger partial charge in [0.25, 0.3) is 5.92 Å². The predicted octanol–water partition coefficient (Wildman–Crippen LogP) is 3.49. The van der Waals surface area contributed by atoms with Gasteiger partial charge in [-0.1, -0.05) is 18.2 Å². The molecule has 7 rings (SSSR count). The second-order valence-corrected chi connectivity index (χ2v) is 15.5. The summed E-state index contributed by atoms with van der Waals surface area (Å²) in [6, 6.07) is 7.45. The molecule has 2 N–H and O–H groups in total. The van der Waals surface area contributed by atoms with Crippen molar-refractivity contribution in [1.29, 1.82) is 5.26 Å². The molecule has 0 radical (unpaired) electrons. The first-order valence-corrected chi connectivity index (χ1v) is 17.9. The van der Waals surface area contributed by atoms with Gasteiger partial charge in [0, 0.05) is 37.7 Å². The highest BCUT2D eigenvalue weighted by molar-refractivity contribution is 7.91. The van der Waals surface area contributed by atoms with Crippen LogP contribution in [0.5, 0.6) is 0 Å². The third kappa shape index (κ3) is 6.76. The number of nitriles is 1. The van der Waals surface area contributed by atoms with Crippen LogP contribution in [0.15, 0.2) is 24.3 Å². The first-order valence-electron chi connectivity index (χ1n) is 16.1. The highest BCUT2D eigenvalue weighted by atomic mass is 32.2. The molecule has 15 heteroatoms. The second kappa shape index (κ2) is 12.6. The molecule has 6 heterocycles. The number of hydrogen-bond donors (Lipinski definition) is 2. The smallest absolute Gasteiger partial charge is 0.327 e. The molecule has 47 heavy (non-hydrogen) atoms. The van der Waals surface area contributed by atoms with Crippen LogP contribution in [0.25, 0.3) is 0 Å². The van der Waals surface area contributed by atoms with Gasteiger partial charge in [-0.05, 0) is 63.6 Å². The fourth-order valence-electron chi connectivity index (χ4n) is 6.95. The van der Waals surface area contributed by atoms with E-state index in [9.17, 15) is 23.3 Å². The molecule has 2 saturated heterocycles. The number of aromatic nitrogens is 2. The maximum Gasteiger partial charge on any atom is 0.327 e. The normalized spacial score (nSPS) is 27.3. The van der Waals surface area contributed by atoms with E-state index in [1.807, 2.05) is 6.92 Å². The Morgan fingerprint density at radius 3 is 2.55 bits per heavy atom. The number of anilines is 2. The molecule has 8 bridgehead atoms. The van der Waals surface area contributed by atoms with Gasteiger partial charge in [-0.3, -0.25) is 9.69 Å². The fourth-order valence-corrected chi connectivity index (χ4v) is 8.45. The summed E-state index contributed by atoms with van der Waals surface area (Å²) in [4.78, 5) is 41.3. The molecule has 3 amide bonds. The van der Waals surface area contributed by atoms with E-state index in [0.29, 0.717) is 48.7 Å². The van der Waals surface area contributed by atoms with Crippen molar-refractivity contribution < 1.29 is 26.8 Å². The molecule has 5 aliphatic rings.